The highest BCUT2D eigenvalue weighted by Crippen LogP contribution is 2.40. The zero-order chi connectivity index (χ0) is 22.7. The van der Waals surface area contributed by atoms with Gasteiger partial charge in [-0.2, -0.15) is 0 Å². The predicted octanol–water partition coefficient (Wildman–Crippen LogP) is 2.90. The second-order valence-corrected chi connectivity index (χ2v) is 8.61. The van der Waals surface area contributed by atoms with Crippen LogP contribution in [0.1, 0.15) is 25.0 Å². The third-order valence-electron chi connectivity index (χ3n) is 5.48. The number of carbonyl (C=O) groups excluding carboxylic acids is 2. The Kier molecular flexibility index (Phi) is 6.62. The number of hydrogen-bond acceptors (Lipinski definition) is 6. The Bertz CT molecular complexity index is 1090. The van der Waals surface area contributed by atoms with Crippen molar-refractivity contribution in [2.24, 2.45) is 4.99 Å². The second kappa shape index (κ2) is 9.58. The Morgan fingerprint density at radius 1 is 1.19 bits per heavy atom. The average Bonchev–Trinajstić information content (AvgIpc) is 3.02. The quantitative estimate of drug-likeness (QED) is 0.707. The molecule has 7 nitrogen and oxygen atoms in total. The Morgan fingerprint density at radius 3 is 2.69 bits per heavy atom. The number of hydrogen-bond donors (Lipinski definition) is 2. The standard InChI is InChI=1S/C24H26N4O3S/c1-3-27(4-2)24-17-10-9-16(13-20(17)32-19-8-6-5-7-18(19)26-24)14-25-21(29)15-28-22(30)11-12-23(28)31/h5-13,22,30H,3-4,14-15H2,1-2H3,(H,25,29). The van der Waals surface area contributed by atoms with Gasteiger partial charge < -0.3 is 20.2 Å². The van der Waals surface area contributed by atoms with E-state index in [2.05, 4.69) is 42.3 Å². The molecule has 0 spiro atoms. The number of aliphatic hydroxyl groups excluding tert-OH is 1. The smallest absolute Gasteiger partial charge is 0.249 e. The van der Waals surface area contributed by atoms with Crippen LogP contribution in [0.5, 0.6) is 0 Å². The van der Waals surface area contributed by atoms with Gasteiger partial charge in [0.25, 0.3) is 0 Å². The molecule has 8 heteroatoms. The Morgan fingerprint density at radius 2 is 1.97 bits per heavy atom. The normalized spacial score (nSPS) is 16.8. The van der Waals surface area contributed by atoms with Crippen molar-refractivity contribution in [2.75, 3.05) is 19.6 Å². The van der Waals surface area contributed by atoms with Crippen LogP contribution in [0, 0.1) is 0 Å². The molecule has 4 rings (SSSR count). The van der Waals surface area contributed by atoms with Gasteiger partial charge in [0.1, 0.15) is 18.6 Å². The molecule has 2 aliphatic heterocycles. The first-order valence-corrected chi connectivity index (χ1v) is 11.5. The Balaban J connectivity index is 1.54. The summed E-state index contributed by atoms with van der Waals surface area (Å²) in [5.74, 6) is 0.266. The van der Waals surface area contributed by atoms with E-state index in [0.29, 0.717) is 6.54 Å². The van der Waals surface area contributed by atoms with Crippen LogP contribution in [0.3, 0.4) is 0 Å². The summed E-state index contributed by atoms with van der Waals surface area (Å²) in [4.78, 5) is 34.5. The van der Waals surface area contributed by atoms with Gasteiger partial charge in [-0.3, -0.25) is 9.59 Å². The topological polar surface area (TPSA) is 85.2 Å². The molecule has 2 amide bonds. The van der Waals surface area contributed by atoms with Crippen LogP contribution in [0.2, 0.25) is 0 Å². The number of aliphatic imine (C=N–C) groups is 1. The average molecular weight is 451 g/mol. The number of nitrogens with zero attached hydrogens (tertiary/aromatic N) is 3. The number of aliphatic hydroxyl groups is 1. The third-order valence-corrected chi connectivity index (χ3v) is 6.60. The number of carbonyl (C=O) groups is 2. The largest absolute Gasteiger partial charge is 0.370 e. The Hall–Kier alpha value is -3.10. The summed E-state index contributed by atoms with van der Waals surface area (Å²) in [5.41, 5.74) is 2.98. The van der Waals surface area contributed by atoms with Crippen LogP contribution in [0.15, 0.2) is 69.4 Å². The molecule has 2 aromatic carbocycles. The van der Waals surface area contributed by atoms with E-state index in [1.807, 2.05) is 24.3 Å². The van der Waals surface area contributed by atoms with Crippen molar-refractivity contribution in [3.05, 3.63) is 65.7 Å². The van der Waals surface area contributed by atoms with E-state index < -0.39 is 6.23 Å². The van der Waals surface area contributed by atoms with E-state index in [1.165, 1.54) is 12.2 Å². The molecular formula is C24H26N4O3S. The first-order valence-electron chi connectivity index (χ1n) is 10.7. The van der Waals surface area contributed by atoms with Crippen LogP contribution >= 0.6 is 11.8 Å². The molecule has 1 unspecified atom stereocenters. The summed E-state index contributed by atoms with van der Waals surface area (Å²) >= 11 is 1.67. The van der Waals surface area contributed by atoms with Crippen molar-refractivity contribution in [3.63, 3.8) is 0 Å². The van der Waals surface area contributed by atoms with Gasteiger partial charge in [0.15, 0.2) is 0 Å². The molecule has 0 saturated carbocycles. The molecule has 166 valence electrons. The van der Waals surface area contributed by atoms with Crippen molar-refractivity contribution in [3.8, 4) is 0 Å². The summed E-state index contributed by atoms with van der Waals surface area (Å²) in [6, 6.07) is 14.2. The lowest BCUT2D eigenvalue weighted by atomic mass is 10.1. The van der Waals surface area contributed by atoms with Crippen LogP contribution in [0.4, 0.5) is 5.69 Å². The summed E-state index contributed by atoms with van der Waals surface area (Å²) in [5, 5.41) is 12.6. The Labute approximate surface area is 191 Å². The van der Waals surface area contributed by atoms with Crippen molar-refractivity contribution < 1.29 is 14.7 Å². The summed E-state index contributed by atoms with van der Waals surface area (Å²) in [7, 11) is 0. The van der Waals surface area contributed by atoms with E-state index in [4.69, 9.17) is 4.99 Å². The fraction of sp³-hybridized carbons (Fsp3) is 0.292. The molecular weight excluding hydrogens is 424 g/mol. The second-order valence-electron chi connectivity index (χ2n) is 7.52. The summed E-state index contributed by atoms with van der Waals surface area (Å²) < 4.78 is 0. The van der Waals surface area contributed by atoms with Crippen molar-refractivity contribution in [1.82, 2.24) is 15.1 Å². The van der Waals surface area contributed by atoms with Crippen molar-refractivity contribution in [1.29, 1.82) is 0 Å². The fourth-order valence-corrected chi connectivity index (χ4v) is 4.80. The molecule has 0 saturated heterocycles. The monoisotopic (exact) mass is 450 g/mol. The number of para-hydroxylation sites is 1. The van der Waals surface area contributed by atoms with E-state index in [1.54, 1.807) is 11.8 Å². The van der Waals surface area contributed by atoms with Crippen LogP contribution < -0.4 is 5.32 Å². The van der Waals surface area contributed by atoms with Gasteiger partial charge in [-0.15, -0.1) is 0 Å². The van der Waals surface area contributed by atoms with Gasteiger partial charge in [-0.1, -0.05) is 30.0 Å². The third kappa shape index (κ3) is 4.56. The minimum Gasteiger partial charge on any atom is -0.370 e. The molecule has 2 aromatic rings. The molecule has 0 bridgehead atoms. The lowest BCUT2D eigenvalue weighted by molar-refractivity contribution is -0.137. The molecule has 0 fully saturated rings. The van der Waals surface area contributed by atoms with Gasteiger partial charge in [-0.25, -0.2) is 4.99 Å². The van der Waals surface area contributed by atoms with E-state index in [0.717, 1.165) is 50.4 Å². The number of amides is 2. The lowest BCUT2D eigenvalue weighted by Crippen LogP contribution is -2.42. The number of fused-ring (bicyclic) bond motifs is 2. The number of benzene rings is 2. The summed E-state index contributed by atoms with van der Waals surface area (Å²) in [6.07, 6.45) is 1.59. The number of nitrogens with one attached hydrogen (secondary N) is 1. The molecule has 2 N–H and O–H groups in total. The van der Waals surface area contributed by atoms with Gasteiger partial charge in [-0.05, 0) is 49.8 Å². The van der Waals surface area contributed by atoms with E-state index in [-0.39, 0.29) is 18.4 Å². The minimum absolute atomic E-state index is 0.182. The first kappa shape index (κ1) is 22.1. The molecule has 2 heterocycles. The highest BCUT2D eigenvalue weighted by molar-refractivity contribution is 7.99. The minimum atomic E-state index is -1.05. The maximum absolute atomic E-state index is 12.3. The van der Waals surface area contributed by atoms with Crippen molar-refractivity contribution in [2.45, 2.75) is 36.4 Å². The zero-order valence-corrected chi connectivity index (χ0v) is 18.9. The van der Waals surface area contributed by atoms with Crippen LogP contribution in [0.25, 0.3) is 0 Å². The molecule has 0 aliphatic carbocycles. The maximum atomic E-state index is 12.3. The van der Waals surface area contributed by atoms with E-state index in [9.17, 15) is 14.7 Å². The van der Waals surface area contributed by atoms with Crippen molar-refractivity contribution >= 4 is 35.1 Å². The van der Waals surface area contributed by atoms with Gasteiger partial charge in [0, 0.05) is 41.1 Å². The van der Waals surface area contributed by atoms with Gasteiger partial charge in [0.2, 0.25) is 11.8 Å². The molecule has 2 aliphatic rings. The lowest BCUT2D eigenvalue weighted by Gasteiger charge is -2.24. The highest BCUT2D eigenvalue weighted by atomic mass is 32.2. The molecule has 32 heavy (non-hydrogen) atoms. The molecule has 0 radical (unpaired) electrons. The van der Waals surface area contributed by atoms with E-state index >= 15 is 0 Å². The first-order chi connectivity index (χ1) is 15.5. The van der Waals surface area contributed by atoms with Crippen LogP contribution in [-0.4, -0.2) is 58.4 Å². The van der Waals surface area contributed by atoms with Gasteiger partial charge >= 0.3 is 0 Å². The fourth-order valence-electron chi connectivity index (χ4n) is 3.72. The number of amidine groups is 1. The van der Waals surface area contributed by atoms with Crippen LogP contribution in [-0.2, 0) is 16.1 Å². The zero-order valence-electron chi connectivity index (χ0n) is 18.1. The maximum Gasteiger partial charge on any atom is 0.249 e. The molecule has 1 atom stereocenters. The molecule has 0 aromatic heterocycles. The van der Waals surface area contributed by atoms with Gasteiger partial charge in [0.05, 0.1) is 5.69 Å². The SMILES string of the molecule is CCN(CC)C1=Nc2ccccc2Sc2cc(CNC(=O)CN3C(=O)C=CC3O)ccc21. The highest BCUT2D eigenvalue weighted by Gasteiger charge is 2.26. The number of rotatable bonds is 6. The summed E-state index contributed by atoms with van der Waals surface area (Å²) in [6.45, 7) is 6.11. The predicted molar refractivity (Wildman–Crippen MR) is 125 cm³/mol.